The third-order valence-corrected chi connectivity index (χ3v) is 5.06. The van der Waals surface area contributed by atoms with Gasteiger partial charge in [0.25, 0.3) is 5.91 Å². The minimum atomic E-state index is -0.299. The van der Waals surface area contributed by atoms with Gasteiger partial charge in [0.05, 0.1) is 18.9 Å². The molecule has 1 heterocycles. The van der Waals surface area contributed by atoms with Crippen LogP contribution in [0.1, 0.15) is 28.8 Å². The number of amides is 1. The van der Waals surface area contributed by atoms with Crippen LogP contribution in [-0.2, 0) is 0 Å². The van der Waals surface area contributed by atoms with E-state index in [1.807, 2.05) is 48.5 Å². The molecule has 1 N–H and O–H groups in total. The predicted octanol–water partition coefficient (Wildman–Crippen LogP) is 4.21. The van der Waals surface area contributed by atoms with E-state index in [0.717, 1.165) is 29.4 Å². The smallest absolute Gasteiger partial charge is 0.275 e. The van der Waals surface area contributed by atoms with Crippen molar-refractivity contribution in [3.63, 3.8) is 0 Å². The Morgan fingerprint density at radius 3 is 2.39 bits per heavy atom. The van der Waals surface area contributed by atoms with E-state index in [-0.39, 0.29) is 5.91 Å². The number of hydrazone groups is 1. The van der Waals surface area contributed by atoms with Crippen LogP contribution >= 0.6 is 0 Å². The second-order valence-electron chi connectivity index (χ2n) is 6.88. The summed E-state index contributed by atoms with van der Waals surface area (Å²) < 4.78 is 5.38. The number of hydrogen-bond donors (Lipinski definition) is 1. The number of rotatable bonds is 5. The van der Waals surface area contributed by atoms with Crippen LogP contribution in [0.15, 0.2) is 65.8 Å². The molecule has 3 aromatic rings. The summed E-state index contributed by atoms with van der Waals surface area (Å²) >= 11 is 0. The average molecular weight is 373 g/mol. The van der Waals surface area contributed by atoms with Crippen LogP contribution in [0.3, 0.4) is 0 Å². The van der Waals surface area contributed by atoms with E-state index in [4.69, 9.17) is 4.74 Å². The Morgan fingerprint density at radius 1 is 1.04 bits per heavy atom. The highest BCUT2D eigenvalue weighted by atomic mass is 16.5. The molecule has 5 nitrogen and oxygen atoms in total. The monoisotopic (exact) mass is 373 g/mol. The molecular weight excluding hydrogens is 350 g/mol. The Balaban J connectivity index is 1.45. The van der Waals surface area contributed by atoms with E-state index >= 15 is 0 Å². The van der Waals surface area contributed by atoms with Crippen molar-refractivity contribution in [3.8, 4) is 5.75 Å². The lowest BCUT2D eigenvalue weighted by molar-refractivity contribution is 0.0952. The van der Waals surface area contributed by atoms with Gasteiger partial charge in [-0.05, 0) is 53.4 Å². The third kappa shape index (κ3) is 3.83. The molecule has 142 valence electrons. The van der Waals surface area contributed by atoms with Crippen molar-refractivity contribution in [2.45, 2.75) is 12.8 Å². The highest BCUT2D eigenvalue weighted by molar-refractivity contribution is 6.02. The third-order valence-electron chi connectivity index (χ3n) is 5.06. The molecule has 5 heteroatoms. The summed E-state index contributed by atoms with van der Waals surface area (Å²) in [6.45, 7) is 2.24. The highest BCUT2D eigenvalue weighted by Crippen LogP contribution is 2.26. The van der Waals surface area contributed by atoms with Gasteiger partial charge in [0, 0.05) is 18.8 Å². The Labute approximate surface area is 164 Å². The van der Waals surface area contributed by atoms with Crippen LogP contribution in [0.25, 0.3) is 10.8 Å². The summed E-state index contributed by atoms with van der Waals surface area (Å²) in [5, 5.41) is 6.11. The molecule has 1 aliphatic heterocycles. The lowest BCUT2D eigenvalue weighted by atomic mass is 10.1. The van der Waals surface area contributed by atoms with Crippen molar-refractivity contribution in [2.24, 2.45) is 5.10 Å². The quantitative estimate of drug-likeness (QED) is 0.538. The predicted molar refractivity (Wildman–Crippen MR) is 113 cm³/mol. The topological polar surface area (TPSA) is 53.9 Å². The Morgan fingerprint density at radius 2 is 1.71 bits per heavy atom. The van der Waals surface area contributed by atoms with Crippen LogP contribution in [0, 0.1) is 0 Å². The van der Waals surface area contributed by atoms with E-state index in [9.17, 15) is 4.79 Å². The Hall–Kier alpha value is -3.34. The van der Waals surface area contributed by atoms with Crippen molar-refractivity contribution in [2.75, 3.05) is 25.1 Å². The molecule has 0 aliphatic carbocycles. The molecule has 1 fully saturated rings. The minimum absolute atomic E-state index is 0.299. The number of fused-ring (bicyclic) bond motifs is 1. The number of carbonyl (C=O) groups excluding carboxylic acids is 1. The van der Waals surface area contributed by atoms with Gasteiger partial charge in [-0.3, -0.25) is 4.79 Å². The number of hydrogen-bond acceptors (Lipinski definition) is 4. The number of benzene rings is 3. The molecule has 1 amide bonds. The molecule has 0 unspecified atom stereocenters. The number of anilines is 1. The first-order valence-electron chi connectivity index (χ1n) is 9.50. The van der Waals surface area contributed by atoms with Gasteiger partial charge < -0.3 is 9.64 Å². The van der Waals surface area contributed by atoms with Gasteiger partial charge in [-0.25, -0.2) is 5.43 Å². The van der Waals surface area contributed by atoms with E-state index in [1.54, 1.807) is 13.3 Å². The van der Waals surface area contributed by atoms with Crippen molar-refractivity contribution in [1.82, 2.24) is 5.43 Å². The Bertz CT molecular complexity index is 1010. The van der Waals surface area contributed by atoms with Gasteiger partial charge >= 0.3 is 0 Å². The van der Waals surface area contributed by atoms with Crippen LogP contribution in [0.4, 0.5) is 5.69 Å². The zero-order valence-electron chi connectivity index (χ0n) is 15.9. The molecule has 0 aromatic heterocycles. The summed E-state index contributed by atoms with van der Waals surface area (Å²) in [4.78, 5) is 15.0. The first-order chi connectivity index (χ1) is 13.7. The summed E-state index contributed by atoms with van der Waals surface area (Å²) in [6.07, 6.45) is 4.17. The van der Waals surface area contributed by atoms with Gasteiger partial charge in [-0.2, -0.15) is 5.10 Å². The SMILES string of the molecule is COc1cc2ccccc2cc1C(=O)NN=Cc1ccc(N2CCCC2)cc1. The van der Waals surface area contributed by atoms with Crippen LogP contribution in [0.5, 0.6) is 5.75 Å². The zero-order chi connectivity index (χ0) is 19.3. The number of methoxy groups -OCH3 is 1. The summed E-state index contributed by atoms with van der Waals surface area (Å²) in [5.41, 5.74) is 5.23. The lowest BCUT2D eigenvalue weighted by Gasteiger charge is -2.17. The van der Waals surface area contributed by atoms with Crippen LogP contribution < -0.4 is 15.1 Å². The number of nitrogens with zero attached hydrogens (tertiary/aromatic N) is 2. The van der Waals surface area contributed by atoms with Crippen molar-refractivity contribution >= 4 is 28.6 Å². The first-order valence-corrected chi connectivity index (χ1v) is 9.50. The van der Waals surface area contributed by atoms with Crippen molar-refractivity contribution < 1.29 is 9.53 Å². The normalized spacial score (nSPS) is 14.0. The molecule has 0 bridgehead atoms. The molecule has 1 saturated heterocycles. The number of carbonyl (C=O) groups is 1. The summed E-state index contributed by atoms with van der Waals surface area (Å²) in [6, 6.07) is 19.8. The van der Waals surface area contributed by atoms with Gasteiger partial charge in [-0.15, -0.1) is 0 Å². The zero-order valence-corrected chi connectivity index (χ0v) is 15.9. The van der Waals surface area contributed by atoms with Crippen molar-refractivity contribution in [3.05, 3.63) is 71.8 Å². The molecule has 3 aromatic carbocycles. The fourth-order valence-corrected chi connectivity index (χ4v) is 3.54. The maximum atomic E-state index is 12.6. The second-order valence-corrected chi connectivity index (χ2v) is 6.88. The van der Waals surface area contributed by atoms with Crippen molar-refractivity contribution in [1.29, 1.82) is 0 Å². The van der Waals surface area contributed by atoms with Crippen LogP contribution in [-0.4, -0.2) is 32.3 Å². The molecule has 0 atom stereocenters. The molecule has 4 rings (SSSR count). The number of ether oxygens (including phenoxy) is 1. The van der Waals surface area contributed by atoms with Gasteiger partial charge in [0.2, 0.25) is 0 Å². The largest absolute Gasteiger partial charge is 0.496 e. The fourth-order valence-electron chi connectivity index (χ4n) is 3.54. The van der Waals surface area contributed by atoms with E-state index in [0.29, 0.717) is 11.3 Å². The average Bonchev–Trinajstić information content (AvgIpc) is 3.28. The standard InChI is InChI=1S/C23H23N3O2/c1-28-22-15-19-7-3-2-6-18(19)14-21(22)23(27)25-24-16-17-8-10-20(11-9-17)26-12-4-5-13-26/h2-3,6-11,14-16H,4-5,12-13H2,1H3,(H,25,27). The first kappa shape index (κ1) is 18.0. The minimum Gasteiger partial charge on any atom is -0.496 e. The molecule has 0 spiro atoms. The molecular formula is C23H23N3O2. The molecule has 1 aliphatic rings. The van der Waals surface area contributed by atoms with Gasteiger partial charge in [0.15, 0.2) is 0 Å². The van der Waals surface area contributed by atoms with Crippen LogP contribution in [0.2, 0.25) is 0 Å². The number of nitrogens with one attached hydrogen (secondary N) is 1. The van der Waals surface area contributed by atoms with E-state index in [1.165, 1.54) is 18.5 Å². The summed E-state index contributed by atoms with van der Waals surface area (Å²) in [5.74, 6) is 0.230. The van der Waals surface area contributed by atoms with E-state index < -0.39 is 0 Å². The molecule has 0 radical (unpaired) electrons. The molecule has 28 heavy (non-hydrogen) atoms. The van der Waals surface area contributed by atoms with Gasteiger partial charge in [0.1, 0.15) is 5.75 Å². The maximum absolute atomic E-state index is 12.6. The molecule has 0 saturated carbocycles. The van der Waals surface area contributed by atoms with Gasteiger partial charge in [-0.1, -0.05) is 36.4 Å². The maximum Gasteiger partial charge on any atom is 0.275 e. The lowest BCUT2D eigenvalue weighted by Crippen LogP contribution is -2.18. The fraction of sp³-hybridized carbons (Fsp3) is 0.217. The van der Waals surface area contributed by atoms with E-state index in [2.05, 4.69) is 27.6 Å². The summed E-state index contributed by atoms with van der Waals surface area (Å²) in [7, 11) is 1.56. The second kappa shape index (κ2) is 8.13. The highest BCUT2D eigenvalue weighted by Gasteiger charge is 2.13. The Kier molecular flexibility index (Phi) is 5.24.